The third-order valence-electron chi connectivity index (χ3n) is 4.16. The second kappa shape index (κ2) is 5.82. The highest BCUT2D eigenvalue weighted by Gasteiger charge is 2.41. The SMILES string of the molecule is O=C(C[C@@H]1CCOc2ccccc21)N(CC(F)(F)F)C1CC1. The van der Waals surface area contributed by atoms with Crippen LogP contribution in [0.5, 0.6) is 5.75 Å². The molecule has 22 heavy (non-hydrogen) atoms. The van der Waals surface area contributed by atoms with Crippen LogP contribution < -0.4 is 4.74 Å². The summed E-state index contributed by atoms with van der Waals surface area (Å²) in [4.78, 5) is 13.4. The zero-order valence-electron chi connectivity index (χ0n) is 12.1. The van der Waals surface area contributed by atoms with Crippen molar-refractivity contribution in [2.75, 3.05) is 13.2 Å². The van der Waals surface area contributed by atoms with Gasteiger partial charge in [0.1, 0.15) is 12.3 Å². The fourth-order valence-corrected chi connectivity index (χ4v) is 2.96. The largest absolute Gasteiger partial charge is 0.493 e. The van der Waals surface area contributed by atoms with E-state index in [2.05, 4.69) is 0 Å². The standard InChI is InChI=1S/C16H18F3NO2/c17-16(18,19)10-20(12-5-6-12)15(21)9-11-7-8-22-14-4-2-1-3-13(11)14/h1-4,11-12H,5-10H2/t11-/m0/s1. The number of alkyl halides is 3. The molecule has 1 fully saturated rings. The highest BCUT2D eigenvalue weighted by Crippen LogP contribution is 2.37. The van der Waals surface area contributed by atoms with Crippen molar-refractivity contribution >= 4 is 5.91 Å². The van der Waals surface area contributed by atoms with Crippen molar-refractivity contribution in [1.82, 2.24) is 4.90 Å². The van der Waals surface area contributed by atoms with Crippen LogP contribution in [0.3, 0.4) is 0 Å². The molecule has 1 aromatic rings. The molecule has 0 aromatic heterocycles. The number of hydrogen-bond donors (Lipinski definition) is 0. The van der Waals surface area contributed by atoms with Gasteiger partial charge in [0.05, 0.1) is 6.61 Å². The lowest BCUT2D eigenvalue weighted by Crippen LogP contribution is -2.41. The summed E-state index contributed by atoms with van der Waals surface area (Å²) in [6.07, 6.45) is -2.22. The van der Waals surface area contributed by atoms with E-state index in [1.807, 2.05) is 24.3 Å². The minimum Gasteiger partial charge on any atom is -0.493 e. The van der Waals surface area contributed by atoms with Crippen LogP contribution >= 0.6 is 0 Å². The average molecular weight is 313 g/mol. The first-order chi connectivity index (χ1) is 10.4. The summed E-state index contributed by atoms with van der Waals surface area (Å²) in [6.45, 7) is -0.640. The first kappa shape index (κ1) is 15.2. The fraction of sp³-hybridized carbons (Fsp3) is 0.562. The van der Waals surface area contributed by atoms with E-state index in [0.29, 0.717) is 25.9 Å². The van der Waals surface area contributed by atoms with Crippen molar-refractivity contribution in [2.24, 2.45) is 0 Å². The second-order valence-corrected chi connectivity index (χ2v) is 5.94. The summed E-state index contributed by atoms with van der Waals surface area (Å²) in [5.41, 5.74) is 0.921. The number of benzene rings is 1. The number of amides is 1. The number of carbonyl (C=O) groups excluding carboxylic acids is 1. The summed E-state index contributed by atoms with van der Waals surface area (Å²) in [7, 11) is 0. The van der Waals surface area contributed by atoms with E-state index in [-0.39, 0.29) is 18.4 Å². The second-order valence-electron chi connectivity index (χ2n) is 5.94. The third kappa shape index (κ3) is 3.54. The highest BCUT2D eigenvalue weighted by molar-refractivity contribution is 5.78. The number of nitrogens with zero attached hydrogens (tertiary/aromatic N) is 1. The van der Waals surface area contributed by atoms with Crippen molar-refractivity contribution in [3.8, 4) is 5.75 Å². The number of para-hydroxylation sites is 1. The monoisotopic (exact) mass is 313 g/mol. The molecule has 1 saturated carbocycles. The Morgan fingerprint density at radius 3 is 2.64 bits per heavy atom. The Hall–Kier alpha value is -1.72. The molecule has 3 nitrogen and oxygen atoms in total. The Morgan fingerprint density at radius 1 is 1.23 bits per heavy atom. The van der Waals surface area contributed by atoms with Gasteiger partial charge in [-0.3, -0.25) is 4.79 Å². The number of halogens is 3. The van der Waals surface area contributed by atoms with Crippen molar-refractivity contribution in [3.05, 3.63) is 29.8 Å². The molecule has 3 rings (SSSR count). The molecule has 1 amide bonds. The zero-order chi connectivity index (χ0) is 15.7. The maximum Gasteiger partial charge on any atom is 0.406 e. The number of hydrogen-bond acceptors (Lipinski definition) is 2. The molecule has 0 radical (unpaired) electrons. The molecule has 120 valence electrons. The van der Waals surface area contributed by atoms with Crippen molar-refractivity contribution in [1.29, 1.82) is 0 Å². The molecule has 0 N–H and O–H groups in total. The lowest BCUT2D eigenvalue weighted by Gasteiger charge is -2.29. The zero-order valence-corrected chi connectivity index (χ0v) is 12.1. The van der Waals surface area contributed by atoms with Crippen molar-refractivity contribution in [2.45, 2.75) is 43.8 Å². The van der Waals surface area contributed by atoms with Crippen LogP contribution in [0, 0.1) is 0 Å². The van der Waals surface area contributed by atoms with Gasteiger partial charge < -0.3 is 9.64 Å². The summed E-state index contributed by atoms with van der Waals surface area (Å²) >= 11 is 0. The molecule has 1 aliphatic heterocycles. The average Bonchev–Trinajstić information content (AvgIpc) is 3.29. The fourth-order valence-electron chi connectivity index (χ4n) is 2.96. The molecule has 0 unspecified atom stereocenters. The van der Waals surface area contributed by atoms with Gasteiger partial charge in [0.15, 0.2) is 0 Å². The summed E-state index contributed by atoms with van der Waals surface area (Å²) < 4.78 is 43.5. The van der Waals surface area contributed by atoms with E-state index in [0.717, 1.165) is 16.2 Å². The predicted molar refractivity (Wildman–Crippen MR) is 74.7 cm³/mol. The van der Waals surface area contributed by atoms with Gasteiger partial charge in [-0.05, 0) is 36.8 Å². The van der Waals surface area contributed by atoms with E-state index in [1.165, 1.54) is 0 Å². The van der Waals surface area contributed by atoms with Gasteiger partial charge in [-0.1, -0.05) is 18.2 Å². The molecule has 1 aromatic carbocycles. The maximum absolute atomic E-state index is 12.7. The Morgan fingerprint density at radius 2 is 1.95 bits per heavy atom. The molecule has 1 heterocycles. The Balaban J connectivity index is 1.71. The van der Waals surface area contributed by atoms with Gasteiger partial charge >= 0.3 is 6.18 Å². The lowest BCUT2D eigenvalue weighted by atomic mass is 9.90. The first-order valence-corrected chi connectivity index (χ1v) is 7.52. The molecule has 6 heteroatoms. The van der Waals surface area contributed by atoms with Gasteiger partial charge in [-0.15, -0.1) is 0 Å². The van der Waals surface area contributed by atoms with E-state index in [1.54, 1.807) is 0 Å². The molecule has 0 saturated heterocycles. The molecule has 0 spiro atoms. The lowest BCUT2D eigenvalue weighted by molar-refractivity contribution is -0.162. The Labute approximate surface area is 127 Å². The van der Waals surface area contributed by atoms with Crippen LogP contribution in [-0.2, 0) is 4.79 Å². The van der Waals surface area contributed by atoms with E-state index in [9.17, 15) is 18.0 Å². The van der Waals surface area contributed by atoms with Crippen molar-refractivity contribution < 1.29 is 22.7 Å². The molecular formula is C16H18F3NO2. The predicted octanol–water partition coefficient (Wildman–Crippen LogP) is 3.50. The van der Waals surface area contributed by atoms with E-state index >= 15 is 0 Å². The van der Waals surface area contributed by atoms with Gasteiger partial charge in [0.25, 0.3) is 0 Å². The van der Waals surface area contributed by atoms with Gasteiger partial charge in [0, 0.05) is 12.5 Å². The first-order valence-electron chi connectivity index (χ1n) is 7.52. The highest BCUT2D eigenvalue weighted by atomic mass is 19.4. The minimum absolute atomic E-state index is 0.0630. The molecule has 0 bridgehead atoms. The smallest absolute Gasteiger partial charge is 0.406 e. The van der Waals surface area contributed by atoms with Crippen molar-refractivity contribution in [3.63, 3.8) is 0 Å². The number of carbonyl (C=O) groups is 1. The molecule has 1 atom stereocenters. The van der Waals surface area contributed by atoms with Crippen LogP contribution in [0.25, 0.3) is 0 Å². The molecular weight excluding hydrogens is 295 g/mol. The number of ether oxygens (including phenoxy) is 1. The van der Waals surface area contributed by atoms with Gasteiger partial charge in [-0.2, -0.15) is 13.2 Å². The van der Waals surface area contributed by atoms with Crippen LogP contribution in [0.4, 0.5) is 13.2 Å². The van der Waals surface area contributed by atoms with Gasteiger partial charge in [0.2, 0.25) is 5.91 Å². The van der Waals surface area contributed by atoms with Gasteiger partial charge in [-0.25, -0.2) is 0 Å². The Bertz CT molecular complexity index is 555. The maximum atomic E-state index is 12.7. The minimum atomic E-state index is -4.34. The topological polar surface area (TPSA) is 29.5 Å². The van der Waals surface area contributed by atoms with Crippen LogP contribution in [0.15, 0.2) is 24.3 Å². The Kier molecular flexibility index (Phi) is 4.02. The van der Waals surface area contributed by atoms with E-state index in [4.69, 9.17) is 4.74 Å². The van der Waals surface area contributed by atoms with E-state index < -0.39 is 18.6 Å². The number of rotatable bonds is 4. The summed E-state index contributed by atoms with van der Waals surface area (Å²) in [6, 6.07) is 7.20. The summed E-state index contributed by atoms with van der Waals surface area (Å²) in [5, 5.41) is 0. The normalized spacial score (nSPS) is 21.0. The molecule has 1 aliphatic carbocycles. The van der Waals surface area contributed by atoms with Crippen LogP contribution in [0.1, 0.15) is 37.2 Å². The van der Waals surface area contributed by atoms with Crippen LogP contribution in [-0.4, -0.2) is 36.2 Å². The quantitative estimate of drug-likeness (QED) is 0.851. The van der Waals surface area contributed by atoms with Crippen LogP contribution in [0.2, 0.25) is 0 Å². The molecule has 2 aliphatic rings. The number of fused-ring (bicyclic) bond motifs is 1. The third-order valence-corrected chi connectivity index (χ3v) is 4.16. The summed E-state index contributed by atoms with van der Waals surface area (Å²) in [5.74, 6) is 0.272.